The van der Waals surface area contributed by atoms with E-state index >= 15 is 0 Å². The molecule has 118 valence electrons. The van der Waals surface area contributed by atoms with Crippen LogP contribution in [0.4, 0.5) is 0 Å². The van der Waals surface area contributed by atoms with E-state index in [9.17, 15) is 0 Å². The van der Waals surface area contributed by atoms with Crippen molar-refractivity contribution in [2.24, 2.45) is 5.92 Å². The SMILES string of the molecule is COc1cc(CCC(C)CCNC2CC2)c(OC)cc1Br. The summed E-state index contributed by atoms with van der Waals surface area (Å²) < 4.78 is 11.8. The first kappa shape index (κ1) is 16.6. The Hall–Kier alpha value is -0.740. The van der Waals surface area contributed by atoms with E-state index in [1.807, 2.05) is 6.07 Å². The molecule has 1 aromatic rings. The number of benzene rings is 1. The van der Waals surface area contributed by atoms with E-state index in [0.29, 0.717) is 0 Å². The Labute approximate surface area is 136 Å². The van der Waals surface area contributed by atoms with E-state index in [2.05, 4.69) is 34.2 Å². The zero-order chi connectivity index (χ0) is 15.2. The van der Waals surface area contributed by atoms with Crippen LogP contribution in [0.5, 0.6) is 11.5 Å². The summed E-state index contributed by atoms with van der Waals surface area (Å²) >= 11 is 3.50. The second-order valence-corrected chi connectivity index (χ2v) is 6.81. The molecule has 3 nitrogen and oxygen atoms in total. The van der Waals surface area contributed by atoms with Gasteiger partial charge in [0.05, 0.1) is 18.7 Å². The maximum atomic E-state index is 5.48. The number of methoxy groups -OCH3 is 2. The first-order valence-electron chi connectivity index (χ1n) is 7.77. The van der Waals surface area contributed by atoms with Gasteiger partial charge in [-0.1, -0.05) is 6.92 Å². The fraction of sp³-hybridized carbons (Fsp3) is 0.647. The molecule has 1 aliphatic carbocycles. The summed E-state index contributed by atoms with van der Waals surface area (Å²) in [5.41, 5.74) is 1.22. The topological polar surface area (TPSA) is 30.5 Å². The summed E-state index contributed by atoms with van der Waals surface area (Å²) in [6, 6.07) is 4.89. The van der Waals surface area contributed by atoms with Gasteiger partial charge in [0.2, 0.25) is 0 Å². The Bertz CT molecular complexity index is 460. The highest BCUT2D eigenvalue weighted by Gasteiger charge is 2.20. The van der Waals surface area contributed by atoms with Crippen molar-refractivity contribution in [2.75, 3.05) is 20.8 Å². The molecule has 21 heavy (non-hydrogen) atoms. The largest absolute Gasteiger partial charge is 0.496 e. The van der Waals surface area contributed by atoms with Crippen molar-refractivity contribution in [3.05, 3.63) is 22.2 Å². The molecular formula is C17H26BrNO2. The fourth-order valence-electron chi connectivity index (χ4n) is 2.49. The van der Waals surface area contributed by atoms with Crippen LogP contribution in [-0.2, 0) is 6.42 Å². The number of nitrogens with one attached hydrogen (secondary N) is 1. The van der Waals surface area contributed by atoms with Crippen LogP contribution in [0.2, 0.25) is 0 Å². The first-order valence-corrected chi connectivity index (χ1v) is 8.57. The molecule has 2 rings (SSSR count). The van der Waals surface area contributed by atoms with Crippen LogP contribution in [0.1, 0.15) is 38.2 Å². The number of rotatable bonds is 9. The standard InChI is InChI=1S/C17H26BrNO2/c1-12(8-9-19-14-6-7-14)4-5-13-10-17(21-3)15(18)11-16(13)20-2/h10-12,14,19H,4-9H2,1-3H3. The van der Waals surface area contributed by atoms with E-state index < -0.39 is 0 Å². The Morgan fingerprint density at radius 1 is 1.19 bits per heavy atom. The molecule has 1 atom stereocenters. The van der Waals surface area contributed by atoms with Gasteiger partial charge in [-0.15, -0.1) is 0 Å². The molecule has 1 aliphatic rings. The second kappa shape index (κ2) is 8.04. The Balaban J connectivity index is 1.85. The number of halogens is 1. The van der Waals surface area contributed by atoms with E-state index in [1.165, 1.54) is 31.2 Å². The zero-order valence-corrected chi connectivity index (χ0v) is 14.8. The van der Waals surface area contributed by atoms with Crippen molar-refractivity contribution in [2.45, 2.75) is 45.1 Å². The van der Waals surface area contributed by atoms with E-state index in [4.69, 9.17) is 9.47 Å². The van der Waals surface area contributed by atoms with E-state index in [1.54, 1.807) is 14.2 Å². The molecule has 1 fully saturated rings. The summed E-state index contributed by atoms with van der Waals surface area (Å²) in [7, 11) is 3.42. The van der Waals surface area contributed by atoms with Crippen molar-refractivity contribution < 1.29 is 9.47 Å². The highest BCUT2D eigenvalue weighted by Crippen LogP contribution is 2.33. The molecule has 0 saturated heterocycles. The van der Waals surface area contributed by atoms with Crippen molar-refractivity contribution in [3.63, 3.8) is 0 Å². The molecule has 0 aliphatic heterocycles. The molecular weight excluding hydrogens is 330 g/mol. The minimum absolute atomic E-state index is 0.718. The Morgan fingerprint density at radius 3 is 2.52 bits per heavy atom. The lowest BCUT2D eigenvalue weighted by Gasteiger charge is -2.15. The van der Waals surface area contributed by atoms with Gasteiger partial charge in [-0.25, -0.2) is 0 Å². The van der Waals surface area contributed by atoms with Crippen molar-refractivity contribution in [1.82, 2.24) is 5.32 Å². The van der Waals surface area contributed by atoms with Crippen LogP contribution in [0.25, 0.3) is 0 Å². The van der Waals surface area contributed by atoms with Crippen molar-refractivity contribution >= 4 is 15.9 Å². The number of hydrogen-bond acceptors (Lipinski definition) is 3. The Morgan fingerprint density at radius 2 is 1.90 bits per heavy atom. The van der Waals surface area contributed by atoms with Gasteiger partial charge in [0.15, 0.2) is 0 Å². The molecule has 0 amide bonds. The van der Waals surface area contributed by atoms with E-state index in [-0.39, 0.29) is 0 Å². The van der Waals surface area contributed by atoms with Gasteiger partial charge in [0, 0.05) is 6.04 Å². The summed E-state index contributed by atoms with van der Waals surface area (Å²) in [4.78, 5) is 0. The highest BCUT2D eigenvalue weighted by atomic mass is 79.9. The maximum Gasteiger partial charge on any atom is 0.133 e. The zero-order valence-electron chi connectivity index (χ0n) is 13.2. The van der Waals surface area contributed by atoms with Gasteiger partial charge in [-0.2, -0.15) is 0 Å². The lowest BCUT2D eigenvalue weighted by Crippen LogP contribution is -2.19. The van der Waals surface area contributed by atoms with Crippen LogP contribution >= 0.6 is 15.9 Å². The van der Waals surface area contributed by atoms with E-state index in [0.717, 1.165) is 40.9 Å². The third kappa shape index (κ3) is 5.19. The Kier molecular flexibility index (Phi) is 6.37. The molecule has 0 radical (unpaired) electrons. The van der Waals surface area contributed by atoms with Gasteiger partial charge < -0.3 is 14.8 Å². The monoisotopic (exact) mass is 355 g/mol. The lowest BCUT2D eigenvalue weighted by atomic mass is 9.97. The van der Waals surface area contributed by atoms with Crippen molar-refractivity contribution in [1.29, 1.82) is 0 Å². The van der Waals surface area contributed by atoms with Crippen LogP contribution in [-0.4, -0.2) is 26.8 Å². The average Bonchev–Trinajstić information content (AvgIpc) is 3.29. The summed E-state index contributed by atoms with van der Waals surface area (Å²) in [5, 5.41) is 3.58. The van der Waals surface area contributed by atoms with Gasteiger partial charge in [0.25, 0.3) is 0 Å². The molecule has 0 aromatic heterocycles. The van der Waals surface area contributed by atoms with Crippen molar-refractivity contribution in [3.8, 4) is 11.5 Å². The third-order valence-corrected chi connectivity index (χ3v) is 4.73. The smallest absolute Gasteiger partial charge is 0.133 e. The van der Waals surface area contributed by atoms with Gasteiger partial charge in [0.1, 0.15) is 11.5 Å². The maximum absolute atomic E-state index is 5.48. The third-order valence-electron chi connectivity index (χ3n) is 4.11. The molecule has 0 heterocycles. The number of ether oxygens (including phenoxy) is 2. The average molecular weight is 356 g/mol. The normalized spacial score (nSPS) is 15.8. The highest BCUT2D eigenvalue weighted by molar-refractivity contribution is 9.10. The molecule has 1 unspecified atom stereocenters. The molecule has 0 spiro atoms. The van der Waals surface area contributed by atoms with Crippen LogP contribution in [0.3, 0.4) is 0 Å². The number of aryl methyl sites for hydroxylation is 1. The molecule has 4 heteroatoms. The predicted octanol–water partition coefficient (Wildman–Crippen LogP) is 4.18. The van der Waals surface area contributed by atoms with Crippen LogP contribution in [0.15, 0.2) is 16.6 Å². The number of hydrogen-bond donors (Lipinski definition) is 1. The fourth-order valence-corrected chi connectivity index (χ4v) is 2.97. The molecule has 1 aromatic carbocycles. The first-order chi connectivity index (χ1) is 10.1. The minimum atomic E-state index is 0.718. The summed E-state index contributed by atoms with van der Waals surface area (Å²) in [6.07, 6.45) is 6.17. The predicted molar refractivity (Wildman–Crippen MR) is 90.4 cm³/mol. The van der Waals surface area contributed by atoms with Crippen LogP contribution < -0.4 is 14.8 Å². The van der Waals surface area contributed by atoms with Gasteiger partial charge >= 0.3 is 0 Å². The minimum Gasteiger partial charge on any atom is -0.496 e. The quantitative estimate of drug-likeness (QED) is 0.720. The van der Waals surface area contributed by atoms with Crippen LogP contribution in [0, 0.1) is 5.92 Å². The van der Waals surface area contributed by atoms with Gasteiger partial charge in [-0.3, -0.25) is 0 Å². The molecule has 1 N–H and O–H groups in total. The van der Waals surface area contributed by atoms with Gasteiger partial charge in [-0.05, 0) is 78.2 Å². The summed E-state index contributed by atoms with van der Waals surface area (Å²) in [6.45, 7) is 3.48. The lowest BCUT2D eigenvalue weighted by molar-refractivity contribution is 0.393. The summed E-state index contributed by atoms with van der Waals surface area (Å²) in [5.74, 6) is 2.52. The molecule has 0 bridgehead atoms. The molecule has 1 saturated carbocycles. The second-order valence-electron chi connectivity index (χ2n) is 5.96.